The highest BCUT2D eigenvalue weighted by Gasteiger charge is 2.67. The second-order valence-corrected chi connectivity index (χ2v) is 6.12. The molecule has 2 aromatic carbocycles. The van der Waals surface area contributed by atoms with Crippen LogP contribution in [0.25, 0.3) is 0 Å². The van der Waals surface area contributed by atoms with Crippen LogP contribution in [0.1, 0.15) is 17.0 Å². The molecular weight excluding hydrogens is 395 g/mol. The Labute approximate surface area is 154 Å². The zero-order valence-electron chi connectivity index (χ0n) is 14.1. The molecule has 3 rings (SSSR count). The van der Waals surface area contributed by atoms with Crippen LogP contribution >= 0.6 is 0 Å². The quantitative estimate of drug-likeness (QED) is 0.525. The van der Waals surface area contributed by atoms with Crippen LogP contribution in [0.4, 0.5) is 42.1 Å². The summed E-state index contributed by atoms with van der Waals surface area (Å²) in [5.41, 5.74) is 0.504. The summed E-state index contributed by atoms with van der Waals surface area (Å²) in [6.45, 7) is 0. The van der Waals surface area contributed by atoms with Gasteiger partial charge in [0.1, 0.15) is 11.7 Å². The Kier molecular flexibility index (Phi) is 4.76. The van der Waals surface area contributed by atoms with E-state index in [-0.39, 0.29) is 16.8 Å². The van der Waals surface area contributed by atoms with Crippen LogP contribution in [-0.2, 0) is 9.53 Å². The molecule has 1 aliphatic rings. The molecule has 150 valence electrons. The molecule has 2 aromatic rings. The Morgan fingerprint density at radius 1 is 1.04 bits per heavy atom. The molecule has 0 radical (unpaired) electrons. The summed E-state index contributed by atoms with van der Waals surface area (Å²) in [7, 11) is 1.56. The predicted molar refractivity (Wildman–Crippen MR) is 84.7 cm³/mol. The van der Waals surface area contributed by atoms with Gasteiger partial charge >= 0.3 is 24.4 Å². The number of anilines is 2. The molecule has 2 atom stereocenters. The number of halogens is 7. The number of para-hydroxylation sites is 1. The van der Waals surface area contributed by atoms with Gasteiger partial charge in [-0.15, -0.1) is 0 Å². The Morgan fingerprint density at radius 3 is 2.25 bits per heavy atom. The van der Waals surface area contributed by atoms with E-state index < -0.39 is 36.2 Å². The number of rotatable bonds is 3. The molecular formula is C18H12F7NO2. The van der Waals surface area contributed by atoms with Gasteiger partial charge in [0, 0.05) is 18.4 Å². The monoisotopic (exact) mass is 407 g/mol. The third-order valence-electron chi connectivity index (χ3n) is 4.42. The van der Waals surface area contributed by atoms with E-state index in [2.05, 4.69) is 4.74 Å². The first-order valence-electron chi connectivity index (χ1n) is 7.86. The van der Waals surface area contributed by atoms with Crippen LogP contribution in [0.3, 0.4) is 0 Å². The number of benzene rings is 2. The number of fused-ring (bicyclic) bond motifs is 2. The van der Waals surface area contributed by atoms with Gasteiger partial charge in [-0.2, -0.15) is 17.6 Å². The lowest BCUT2D eigenvalue weighted by Crippen LogP contribution is -2.51. The van der Waals surface area contributed by atoms with Crippen molar-refractivity contribution in [2.45, 2.75) is 24.4 Å². The van der Waals surface area contributed by atoms with Crippen molar-refractivity contribution < 1.29 is 40.3 Å². The lowest BCUT2D eigenvalue weighted by molar-refractivity contribution is -0.356. The van der Waals surface area contributed by atoms with E-state index in [0.29, 0.717) is 5.69 Å². The van der Waals surface area contributed by atoms with Crippen molar-refractivity contribution in [1.82, 2.24) is 0 Å². The molecule has 1 aliphatic heterocycles. The fourth-order valence-electron chi connectivity index (χ4n) is 3.08. The third kappa shape index (κ3) is 3.06. The van der Waals surface area contributed by atoms with Gasteiger partial charge in [-0.3, -0.25) is 4.79 Å². The van der Waals surface area contributed by atoms with Gasteiger partial charge in [-0.05, 0) is 35.4 Å². The Balaban J connectivity index is 2.13. The molecule has 0 aromatic heterocycles. The normalized spacial score (nSPS) is 18.3. The molecule has 10 heteroatoms. The van der Waals surface area contributed by atoms with Gasteiger partial charge < -0.3 is 9.64 Å². The van der Waals surface area contributed by atoms with Crippen molar-refractivity contribution >= 4 is 17.3 Å². The molecule has 0 saturated carbocycles. The standard InChI is InChI=1S/C18H12F7NO2/c1-26-12-5-3-2-4-10(12)14(11-8-9(19)6-7-13(11)26)15(27)28-17(22,16(20)21)18(23,24)25/h2-8,14,16H,1H3. The van der Waals surface area contributed by atoms with Gasteiger partial charge in [0.15, 0.2) is 0 Å². The minimum Gasteiger partial charge on any atom is -0.414 e. The first kappa shape index (κ1) is 20.0. The molecule has 2 unspecified atom stereocenters. The molecule has 0 amide bonds. The van der Waals surface area contributed by atoms with Crippen LogP contribution in [0, 0.1) is 5.82 Å². The fraction of sp³-hybridized carbons (Fsp3) is 0.278. The maximum Gasteiger partial charge on any atom is 0.466 e. The van der Waals surface area contributed by atoms with Crippen LogP contribution in [-0.4, -0.2) is 31.5 Å². The zero-order valence-corrected chi connectivity index (χ0v) is 14.1. The summed E-state index contributed by atoms with van der Waals surface area (Å²) in [5, 5.41) is 0. The SMILES string of the molecule is CN1c2ccccc2C(C(=O)OC(F)(C(F)F)C(F)(F)F)c2cc(F)ccc21. The van der Waals surface area contributed by atoms with Gasteiger partial charge in [0.25, 0.3) is 0 Å². The minimum absolute atomic E-state index is 0.0619. The summed E-state index contributed by atoms with van der Waals surface area (Å²) in [5.74, 6) is -9.95. The number of esters is 1. The van der Waals surface area contributed by atoms with Gasteiger partial charge in [-0.1, -0.05) is 18.2 Å². The van der Waals surface area contributed by atoms with E-state index in [4.69, 9.17) is 0 Å². The predicted octanol–water partition coefficient (Wildman–Crippen LogP) is 5.08. The number of carbonyl (C=O) groups is 1. The largest absolute Gasteiger partial charge is 0.466 e. The van der Waals surface area contributed by atoms with Crippen molar-refractivity contribution in [2.24, 2.45) is 0 Å². The van der Waals surface area contributed by atoms with Crippen molar-refractivity contribution in [2.75, 3.05) is 11.9 Å². The summed E-state index contributed by atoms with van der Waals surface area (Å²) in [6.07, 6.45) is -10.8. The molecule has 0 saturated heterocycles. The smallest absolute Gasteiger partial charge is 0.414 e. The topological polar surface area (TPSA) is 29.5 Å². The van der Waals surface area contributed by atoms with Crippen molar-refractivity contribution in [3.8, 4) is 0 Å². The minimum atomic E-state index is -6.16. The van der Waals surface area contributed by atoms with Crippen LogP contribution in [0.15, 0.2) is 42.5 Å². The Hall–Kier alpha value is -2.78. The molecule has 0 spiro atoms. The summed E-state index contributed by atoms with van der Waals surface area (Å²) >= 11 is 0. The van der Waals surface area contributed by atoms with E-state index in [0.717, 1.165) is 12.1 Å². The molecule has 28 heavy (non-hydrogen) atoms. The number of hydrogen-bond donors (Lipinski definition) is 0. The summed E-state index contributed by atoms with van der Waals surface area (Å²) in [4.78, 5) is 14.0. The number of carbonyl (C=O) groups excluding carboxylic acids is 1. The maximum absolute atomic E-state index is 13.9. The average Bonchev–Trinajstić information content (AvgIpc) is 2.60. The molecule has 0 N–H and O–H groups in total. The number of alkyl halides is 6. The third-order valence-corrected chi connectivity index (χ3v) is 4.42. The lowest BCUT2D eigenvalue weighted by atomic mass is 9.85. The summed E-state index contributed by atoms with van der Waals surface area (Å²) in [6, 6.07) is 9.05. The lowest BCUT2D eigenvalue weighted by Gasteiger charge is -2.35. The first-order valence-corrected chi connectivity index (χ1v) is 7.86. The number of nitrogens with zero attached hydrogens (tertiary/aromatic N) is 1. The first-order chi connectivity index (χ1) is 13.0. The van der Waals surface area contributed by atoms with Crippen molar-refractivity contribution in [1.29, 1.82) is 0 Å². The Morgan fingerprint density at radius 2 is 1.64 bits per heavy atom. The number of ether oxygens (including phenoxy) is 1. The second-order valence-electron chi connectivity index (χ2n) is 6.12. The van der Waals surface area contributed by atoms with Crippen LogP contribution in [0.5, 0.6) is 0 Å². The van der Waals surface area contributed by atoms with Crippen molar-refractivity contribution in [3.05, 3.63) is 59.4 Å². The molecule has 0 fully saturated rings. The van der Waals surface area contributed by atoms with E-state index in [1.54, 1.807) is 13.1 Å². The molecule has 3 nitrogen and oxygen atoms in total. The van der Waals surface area contributed by atoms with Crippen molar-refractivity contribution in [3.63, 3.8) is 0 Å². The Bertz CT molecular complexity index is 915. The van der Waals surface area contributed by atoms with E-state index >= 15 is 0 Å². The van der Waals surface area contributed by atoms with Gasteiger partial charge in [-0.25, -0.2) is 13.2 Å². The van der Waals surface area contributed by atoms with Crippen LogP contribution in [0.2, 0.25) is 0 Å². The molecule has 1 heterocycles. The highest BCUT2D eigenvalue weighted by atomic mass is 19.4. The zero-order chi connectivity index (χ0) is 20.9. The highest BCUT2D eigenvalue weighted by Crippen LogP contribution is 2.47. The number of hydrogen-bond acceptors (Lipinski definition) is 3. The van der Waals surface area contributed by atoms with E-state index in [1.807, 2.05) is 0 Å². The van der Waals surface area contributed by atoms with Crippen LogP contribution < -0.4 is 4.90 Å². The highest BCUT2D eigenvalue weighted by molar-refractivity contribution is 5.91. The van der Waals surface area contributed by atoms with Gasteiger partial charge in [0.2, 0.25) is 0 Å². The van der Waals surface area contributed by atoms with E-state index in [9.17, 15) is 35.5 Å². The van der Waals surface area contributed by atoms with Gasteiger partial charge in [0.05, 0.1) is 0 Å². The fourth-order valence-corrected chi connectivity index (χ4v) is 3.08. The summed E-state index contributed by atoms with van der Waals surface area (Å²) < 4.78 is 95.3. The second kappa shape index (κ2) is 6.68. The molecule has 0 bridgehead atoms. The maximum atomic E-state index is 13.9. The molecule has 0 aliphatic carbocycles. The van der Waals surface area contributed by atoms with E-state index in [1.165, 1.54) is 29.2 Å². The average molecular weight is 407 g/mol.